The summed E-state index contributed by atoms with van der Waals surface area (Å²) >= 11 is 0. The van der Waals surface area contributed by atoms with Crippen LogP contribution in [-0.4, -0.2) is 28.9 Å². The number of carbonyl (C=O) groups is 2. The first kappa shape index (κ1) is 17.5. The summed E-state index contributed by atoms with van der Waals surface area (Å²) in [6, 6.07) is 9.90. The second-order valence-corrected chi connectivity index (χ2v) is 7.36. The van der Waals surface area contributed by atoms with Gasteiger partial charge >= 0.3 is 0 Å². The molecule has 1 aromatic rings. The van der Waals surface area contributed by atoms with Crippen molar-refractivity contribution in [2.24, 2.45) is 5.73 Å². The molecule has 0 saturated carbocycles. The molecule has 0 radical (unpaired) electrons. The predicted molar refractivity (Wildman–Crippen MR) is 90.7 cm³/mol. The largest absolute Gasteiger partial charge is 0.368 e. The maximum atomic E-state index is 12.2. The molecule has 0 bridgehead atoms. The predicted octanol–water partition coefficient (Wildman–Crippen LogP) is 1.51. The third kappa shape index (κ3) is 4.79. The van der Waals surface area contributed by atoms with E-state index in [0.717, 1.165) is 12.0 Å². The van der Waals surface area contributed by atoms with E-state index < -0.39 is 5.54 Å². The zero-order valence-electron chi connectivity index (χ0n) is 14.2. The summed E-state index contributed by atoms with van der Waals surface area (Å²) in [4.78, 5) is 24.0. The molecule has 0 aromatic heterocycles. The Bertz CT molecular complexity index is 571. The van der Waals surface area contributed by atoms with Gasteiger partial charge in [-0.2, -0.15) is 0 Å². The van der Waals surface area contributed by atoms with E-state index in [1.165, 1.54) is 0 Å². The van der Waals surface area contributed by atoms with Gasteiger partial charge in [-0.3, -0.25) is 14.9 Å². The van der Waals surface area contributed by atoms with E-state index in [2.05, 4.69) is 10.6 Å². The van der Waals surface area contributed by atoms with Crippen molar-refractivity contribution in [2.45, 2.75) is 63.6 Å². The molecule has 5 heteroatoms. The normalized spacial score (nSPS) is 26.5. The van der Waals surface area contributed by atoms with E-state index in [9.17, 15) is 9.59 Å². The summed E-state index contributed by atoms with van der Waals surface area (Å²) in [6.45, 7) is 5.85. The van der Waals surface area contributed by atoms with Crippen LogP contribution in [0.5, 0.6) is 0 Å². The summed E-state index contributed by atoms with van der Waals surface area (Å²) < 4.78 is 0. The van der Waals surface area contributed by atoms with Crippen molar-refractivity contribution in [1.29, 1.82) is 0 Å². The van der Waals surface area contributed by atoms with Gasteiger partial charge in [0.15, 0.2) is 0 Å². The first-order valence-electron chi connectivity index (χ1n) is 8.13. The lowest BCUT2D eigenvalue weighted by Gasteiger charge is -2.46. The van der Waals surface area contributed by atoms with Crippen LogP contribution in [0.3, 0.4) is 0 Å². The Balaban J connectivity index is 1.93. The highest BCUT2D eigenvalue weighted by molar-refractivity contribution is 5.85. The van der Waals surface area contributed by atoms with Gasteiger partial charge in [-0.15, -0.1) is 0 Å². The first-order valence-corrected chi connectivity index (χ1v) is 8.13. The Morgan fingerprint density at radius 3 is 2.48 bits per heavy atom. The van der Waals surface area contributed by atoms with Gasteiger partial charge in [0.25, 0.3) is 0 Å². The van der Waals surface area contributed by atoms with Gasteiger partial charge in [-0.05, 0) is 45.6 Å². The zero-order chi connectivity index (χ0) is 17.1. The van der Waals surface area contributed by atoms with Crippen molar-refractivity contribution in [3.05, 3.63) is 35.9 Å². The lowest BCUT2D eigenvalue weighted by Crippen LogP contribution is -2.67. The lowest BCUT2D eigenvalue weighted by atomic mass is 9.78. The highest BCUT2D eigenvalue weighted by Gasteiger charge is 2.44. The number of hydrogen-bond donors (Lipinski definition) is 3. The maximum absolute atomic E-state index is 12.2. The molecule has 1 saturated heterocycles. The standard InChI is InChI=1S/C18H27N3O2/c1-17(2)11-14(12-18(3,21-17)16(19)23)20-15(22)10-9-13-7-5-4-6-8-13/h4-8,14,21H,9-12H2,1-3H3,(H2,19,23)(H,20,22). The third-order valence-corrected chi connectivity index (χ3v) is 4.42. The number of primary amides is 1. The molecule has 1 heterocycles. The van der Waals surface area contributed by atoms with Crippen LogP contribution in [0.15, 0.2) is 30.3 Å². The molecular formula is C18H27N3O2. The maximum Gasteiger partial charge on any atom is 0.237 e. The zero-order valence-corrected chi connectivity index (χ0v) is 14.2. The molecule has 2 rings (SSSR count). The topological polar surface area (TPSA) is 84.2 Å². The molecule has 2 atom stereocenters. The highest BCUT2D eigenvalue weighted by Crippen LogP contribution is 2.28. The van der Waals surface area contributed by atoms with Crippen LogP contribution < -0.4 is 16.4 Å². The fourth-order valence-corrected chi connectivity index (χ4v) is 3.50. The van der Waals surface area contributed by atoms with E-state index in [1.807, 2.05) is 44.2 Å². The van der Waals surface area contributed by atoms with Crippen LogP contribution in [0.1, 0.15) is 45.6 Å². The van der Waals surface area contributed by atoms with Crippen molar-refractivity contribution in [3.63, 3.8) is 0 Å². The fraction of sp³-hybridized carbons (Fsp3) is 0.556. The van der Waals surface area contributed by atoms with Gasteiger partial charge in [-0.25, -0.2) is 0 Å². The van der Waals surface area contributed by atoms with E-state index in [1.54, 1.807) is 6.92 Å². The van der Waals surface area contributed by atoms with Crippen LogP contribution in [-0.2, 0) is 16.0 Å². The quantitative estimate of drug-likeness (QED) is 0.769. The fourth-order valence-electron chi connectivity index (χ4n) is 3.50. The van der Waals surface area contributed by atoms with Crippen LogP contribution in [0.4, 0.5) is 0 Å². The smallest absolute Gasteiger partial charge is 0.237 e. The van der Waals surface area contributed by atoms with Crippen molar-refractivity contribution in [1.82, 2.24) is 10.6 Å². The third-order valence-electron chi connectivity index (χ3n) is 4.42. The highest BCUT2D eigenvalue weighted by atomic mass is 16.2. The number of amides is 2. The number of nitrogens with two attached hydrogens (primary N) is 1. The first-order chi connectivity index (χ1) is 10.7. The Morgan fingerprint density at radius 1 is 1.22 bits per heavy atom. The summed E-state index contributed by atoms with van der Waals surface area (Å²) in [6.07, 6.45) is 2.45. The number of hydrogen-bond acceptors (Lipinski definition) is 3. The second-order valence-electron chi connectivity index (χ2n) is 7.36. The van der Waals surface area contributed by atoms with Gasteiger partial charge in [0.2, 0.25) is 11.8 Å². The second kappa shape index (κ2) is 6.71. The number of rotatable bonds is 5. The average molecular weight is 317 g/mol. The number of piperidine rings is 1. The minimum absolute atomic E-state index is 0.0170. The summed E-state index contributed by atoms with van der Waals surface area (Å²) in [5, 5.41) is 6.37. The molecule has 126 valence electrons. The minimum atomic E-state index is -0.793. The SMILES string of the molecule is CC1(C)CC(NC(=O)CCc2ccccc2)CC(C)(C(N)=O)N1. The molecule has 5 nitrogen and oxygen atoms in total. The molecule has 4 N–H and O–H groups in total. The van der Waals surface area contributed by atoms with Crippen LogP contribution >= 0.6 is 0 Å². The number of nitrogens with one attached hydrogen (secondary N) is 2. The molecule has 2 amide bonds. The number of benzene rings is 1. The van der Waals surface area contributed by atoms with Crippen LogP contribution in [0.25, 0.3) is 0 Å². The molecule has 23 heavy (non-hydrogen) atoms. The molecule has 2 unspecified atom stereocenters. The van der Waals surface area contributed by atoms with Gasteiger partial charge < -0.3 is 11.1 Å². The minimum Gasteiger partial charge on any atom is -0.368 e. The molecule has 0 spiro atoms. The summed E-state index contributed by atoms with van der Waals surface area (Å²) in [5.74, 6) is -0.364. The van der Waals surface area contributed by atoms with Crippen molar-refractivity contribution in [3.8, 4) is 0 Å². The number of carbonyl (C=O) groups excluding carboxylic acids is 2. The Morgan fingerprint density at radius 2 is 1.87 bits per heavy atom. The van der Waals surface area contributed by atoms with E-state index >= 15 is 0 Å². The van der Waals surface area contributed by atoms with Crippen LogP contribution in [0.2, 0.25) is 0 Å². The van der Waals surface area contributed by atoms with Gasteiger partial charge in [0, 0.05) is 18.0 Å². The molecule has 0 aliphatic carbocycles. The van der Waals surface area contributed by atoms with Gasteiger partial charge in [0.05, 0.1) is 5.54 Å². The Labute approximate surface area is 138 Å². The molecular weight excluding hydrogens is 290 g/mol. The van der Waals surface area contributed by atoms with Crippen LogP contribution in [0, 0.1) is 0 Å². The average Bonchev–Trinajstić information content (AvgIpc) is 2.44. The molecule has 1 aliphatic heterocycles. The van der Waals surface area contributed by atoms with Crippen molar-refractivity contribution >= 4 is 11.8 Å². The van der Waals surface area contributed by atoms with Crippen molar-refractivity contribution in [2.75, 3.05) is 0 Å². The van der Waals surface area contributed by atoms with E-state index in [0.29, 0.717) is 19.3 Å². The Kier molecular flexibility index (Phi) is 5.09. The summed E-state index contributed by atoms with van der Waals surface area (Å²) in [5.41, 5.74) is 5.64. The lowest BCUT2D eigenvalue weighted by molar-refractivity contribution is -0.128. The van der Waals surface area contributed by atoms with E-state index in [-0.39, 0.29) is 23.4 Å². The van der Waals surface area contributed by atoms with E-state index in [4.69, 9.17) is 5.73 Å². The summed E-state index contributed by atoms with van der Waals surface area (Å²) in [7, 11) is 0. The number of aryl methyl sites for hydroxylation is 1. The monoisotopic (exact) mass is 317 g/mol. The molecule has 1 aromatic carbocycles. The van der Waals surface area contributed by atoms with Gasteiger partial charge in [-0.1, -0.05) is 30.3 Å². The molecule has 1 aliphatic rings. The molecule has 1 fully saturated rings. The Hall–Kier alpha value is -1.88. The van der Waals surface area contributed by atoms with Crippen molar-refractivity contribution < 1.29 is 9.59 Å². The van der Waals surface area contributed by atoms with Gasteiger partial charge in [0.1, 0.15) is 0 Å².